The molecule has 0 unspecified atom stereocenters. The average molecular weight is 566 g/mol. The van der Waals surface area contributed by atoms with E-state index in [4.69, 9.17) is 13.3 Å². The first kappa shape index (κ1) is 23.6. The van der Waals surface area contributed by atoms with E-state index >= 15 is 0 Å². The van der Waals surface area contributed by atoms with Gasteiger partial charge in [-0.05, 0) is 66.0 Å². The summed E-state index contributed by atoms with van der Waals surface area (Å²) in [6.07, 6.45) is 0. The Balaban J connectivity index is 1.27. The fraction of sp³-hybridized carbons (Fsp3) is 0. The number of anilines is 3. The lowest BCUT2D eigenvalue weighted by Gasteiger charge is -2.27. The van der Waals surface area contributed by atoms with Crippen LogP contribution in [0.15, 0.2) is 153 Å². The molecule has 0 bridgehead atoms. The van der Waals surface area contributed by atoms with E-state index in [1.54, 1.807) is 0 Å². The molecule has 7 aromatic carbocycles. The second kappa shape index (κ2) is 8.76. The molecule has 4 nitrogen and oxygen atoms in total. The van der Waals surface area contributed by atoms with E-state index in [0.717, 1.165) is 93.7 Å². The highest BCUT2D eigenvalue weighted by Crippen LogP contribution is 2.45. The van der Waals surface area contributed by atoms with Crippen molar-refractivity contribution in [1.29, 1.82) is 0 Å². The zero-order valence-corrected chi connectivity index (χ0v) is 23.5. The molecule has 0 amide bonds. The standard InChI is InChI=1S/C40H23NO3/c1-4-13-34-27(8-1)29-18-16-24(22-38(29)43-34)41(25-17-19-30-28-9-2-5-14-35(28)44-39(30)23-25)33-12-7-11-31-26(33)20-21-37-40(31)32-10-3-6-15-36(32)42-37/h1-23H. The number of para-hydroxylation sites is 3. The molecule has 0 aliphatic rings. The fourth-order valence-corrected chi connectivity index (χ4v) is 6.89. The normalized spacial score (nSPS) is 12.1. The van der Waals surface area contributed by atoms with Crippen LogP contribution in [-0.2, 0) is 0 Å². The fourth-order valence-electron chi connectivity index (χ4n) is 6.89. The summed E-state index contributed by atoms with van der Waals surface area (Å²) in [5.41, 5.74) is 8.29. The molecule has 0 fully saturated rings. The second-order valence-corrected chi connectivity index (χ2v) is 11.3. The van der Waals surface area contributed by atoms with Crippen LogP contribution in [0, 0.1) is 0 Å². The summed E-state index contributed by atoms with van der Waals surface area (Å²) >= 11 is 0. The summed E-state index contributed by atoms with van der Waals surface area (Å²) in [6, 6.07) is 48.4. The SMILES string of the molecule is c1ccc2c(c1)oc1cc(N(c3ccc4c(c3)oc3ccccc34)c3cccc4c3ccc3oc5ccccc5c34)ccc12. The van der Waals surface area contributed by atoms with Gasteiger partial charge in [-0.2, -0.15) is 0 Å². The Bertz CT molecular complexity index is 2630. The molecule has 10 aromatic rings. The van der Waals surface area contributed by atoms with Crippen molar-refractivity contribution in [1.82, 2.24) is 0 Å². The van der Waals surface area contributed by atoms with Crippen molar-refractivity contribution in [2.45, 2.75) is 0 Å². The van der Waals surface area contributed by atoms with Gasteiger partial charge < -0.3 is 18.2 Å². The van der Waals surface area contributed by atoms with Crippen LogP contribution in [0.3, 0.4) is 0 Å². The first-order chi connectivity index (χ1) is 21.8. The predicted octanol–water partition coefficient (Wildman–Crippen LogP) is 12.0. The summed E-state index contributed by atoms with van der Waals surface area (Å²) < 4.78 is 18.9. The lowest BCUT2D eigenvalue weighted by molar-refractivity contribution is 0.668. The van der Waals surface area contributed by atoms with Gasteiger partial charge in [-0.15, -0.1) is 0 Å². The van der Waals surface area contributed by atoms with Crippen LogP contribution in [0.5, 0.6) is 0 Å². The Morgan fingerprint density at radius 3 is 1.43 bits per heavy atom. The summed E-state index contributed by atoms with van der Waals surface area (Å²) in [7, 11) is 0. The second-order valence-electron chi connectivity index (χ2n) is 11.3. The topological polar surface area (TPSA) is 42.7 Å². The minimum atomic E-state index is 0.849. The molecular formula is C40H23NO3. The number of nitrogens with zero attached hydrogens (tertiary/aromatic N) is 1. The van der Waals surface area contributed by atoms with Crippen molar-refractivity contribution in [3.63, 3.8) is 0 Å². The van der Waals surface area contributed by atoms with Gasteiger partial charge in [0.25, 0.3) is 0 Å². The third-order valence-electron chi connectivity index (χ3n) is 8.86. The van der Waals surface area contributed by atoms with Crippen LogP contribution in [0.1, 0.15) is 0 Å². The van der Waals surface area contributed by atoms with Crippen molar-refractivity contribution >= 4 is 93.7 Å². The molecule has 0 saturated heterocycles. The predicted molar refractivity (Wildman–Crippen MR) is 180 cm³/mol. The van der Waals surface area contributed by atoms with Crippen molar-refractivity contribution in [3.8, 4) is 0 Å². The molecule has 3 heterocycles. The molecule has 0 saturated carbocycles. The number of benzene rings is 7. The zero-order chi connectivity index (χ0) is 28.8. The van der Waals surface area contributed by atoms with Crippen molar-refractivity contribution in [3.05, 3.63) is 140 Å². The maximum absolute atomic E-state index is 6.35. The molecule has 10 rings (SSSR count). The smallest absolute Gasteiger partial charge is 0.137 e. The molecule has 0 aliphatic carbocycles. The van der Waals surface area contributed by atoms with E-state index < -0.39 is 0 Å². The number of hydrogen-bond acceptors (Lipinski definition) is 4. The molecule has 0 spiro atoms. The van der Waals surface area contributed by atoms with Crippen molar-refractivity contribution < 1.29 is 13.3 Å². The first-order valence-corrected chi connectivity index (χ1v) is 14.8. The van der Waals surface area contributed by atoms with Crippen LogP contribution >= 0.6 is 0 Å². The summed E-state index contributed by atoms with van der Waals surface area (Å²) in [5.74, 6) is 0. The van der Waals surface area contributed by atoms with E-state index in [1.165, 1.54) is 0 Å². The molecular weight excluding hydrogens is 542 g/mol. The lowest BCUT2D eigenvalue weighted by atomic mass is 10.0. The first-order valence-electron chi connectivity index (χ1n) is 14.8. The third kappa shape index (κ3) is 3.28. The Kier molecular flexibility index (Phi) is 4.69. The molecule has 0 aliphatic heterocycles. The zero-order valence-electron chi connectivity index (χ0n) is 23.5. The lowest BCUT2D eigenvalue weighted by Crippen LogP contribution is -2.10. The van der Waals surface area contributed by atoms with Crippen LogP contribution in [0.2, 0.25) is 0 Å². The van der Waals surface area contributed by atoms with Gasteiger partial charge in [0.2, 0.25) is 0 Å². The van der Waals surface area contributed by atoms with Gasteiger partial charge in [-0.3, -0.25) is 0 Å². The highest BCUT2D eigenvalue weighted by Gasteiger charge is 2.20. The number of furan rings is 3. The van der Waals surface area contributed by atoms with E-state index in [9.17, 15) is 0 Å². The molecule has 3 aromatic heterocycles. The average Bonchev–Trinajstić information content (AvgIpc) is 3.75. The van der Waals surface area contributed by atoms with E-state index in [2.05, 4.69) is 108 Å². The van der Waals surface area contributed by atoms with Crippen molar-refractivity contribution in [2.24, 2.45) is 0 Å². The van der Waals surface area contributed by atoms with Gasteiger partial charge in [0.15, 0.2) is 0 Å². The monoisotopic (exact) mass is 565 g/mol. The van der Waals surface area contributed by atoms with Crippen LogP contribution in [-0.4, -0.2) is 0 Å². The Hall–Kier alpha value is -6.00. The molecule has 0 atom stereocenters. The van der Waals surface area contributed by atoms with Gasteiger partial charge in [0, 0.05) is 61.2 Å². The summed E-state index contributed by atoms with van der Waals surface area (Å²) in [5, 5.41) is 8.94. The van der Waals surface area contributed by atoms with Crippen LogP contribution < -0.4 is 4.90 Å². The summed E-state index contributed by atoms with van der Waals surface area (Å²) in [4.78, 5) is 2.30. The largest absolute Gasteiger partial charge is 0.456 e. The molecule has 44 heavy (non-hydrogen) atoms. The minimum Gasteiger partial charge on any atom is -0.456 e. The van der Waals surface area contributed by atoms with E-state index in [-0.39, 0.29) is 0 Å². The van der Waals surface area contributed by atoms with Crippen LogP contribution in [0.4, 0.5) is 17.1 Å². The Labute approximate surface area is 250 Å². The van der Waals surface area contributed by atoms with E-state index in [1.807, 2.05) is 36.4 Å². The van der Waals surface area contributed by atoms with E-state index in [0.29, 0.717) is 0 Å². The van der Waals surface area contributed by atoms with Gasteiger partial charge in [-0.25, -0.2) is 0 Å². The van der Waals surface area contributed by atoms with Gasteiger partial charge in [0.05, 0.1) is 5.69 Å². The Morgan fingerprint density at radius 2 is 0.795 bits per heavy atom. The molecule has 0 radical (unpaired) electrons. The molecule has 206 valence electrons. The minimum absolute atomic E-state index is 0.849. The molecule has 0 N–H and O–H groups in total. The highest BCUT2D eigenvalue weighted by molar-refractivity contribution is 6.21. The number of fused-ring (bicyclic) bond motifs is 11. The van der Waals surface area contributed by atoms with Gasteiger partial charge >= 0.3 is 0 Å². The maximum Gasteiger partial charge on any atom is 0.137 e. The summed E-state index contributed by atoms with van der Waals surface area (Å²) in [6.45, 7) is 0. The molecule has 4 heteroatoms. The third-order valence-corrected chi connectivity index (χ3v) is 8.86. The quantitative estimate of drug-likeness (QED) is 0.214. The van der Waals surface area contributed by atoms with Gasteiger partial charge in [-0.1, -0.05) is 66.7 Å². The van der Waals surface area contributed by atoms with Gasteiger partial charge in [0.1, 0.15) is 33.5 Å². The maximum atomic E-state index is 6.35. The van der Waals surface area contributed by atoms with Crippen molar-refractivity contribution in [2.75, 3.05) is 4.90 Å². The number of rotatable bonds is 3. The van der Waals surface area contributed by atoms with Crippen LogP contribution in [0.25, 0.3) is 76.6 Å². The Morgan fingerprint density at radius 1 is 0.318 bits per heavy atom. The number of hydrogen-bond donors (Lipinski definition) is 0. The highest BCUT2D eigenvalue weighted by atomic mass is 16.3.